The highest BCUT2D eigenvalue weighted by Crippen LogP contribution is 2.23. The SMILES string of the molecule is Cc1ccc(C)c(NC(=O)CNC(c2ccc(Cl)cc2)C(C)C)c1. The van der Waals surface area contributed by atoms with E-state index in [9.17, 15) is 4.79 Å². The van der Waals surface area contributed by atoms with Gasteiger partial charge in [-0.1, -0.05) is 49.7 Å². The number of hydrogen-bond donors (Lipinski definition) is 2. The van der Waals surface area contributed by atoms with Gasteiger partial charge >= 0.3 is 0 Å². The number of halogens is 1. The molecule has 0 aliphatic rings. The van der Waals surface area contributed by atoms with E-state index in [0.717, 1.165) is 22.4 Å². The normalized spacial score (nSPS) is 12.2. The second-order valence-electron chi connectivity index (χ2n) is 6.52. The third-order valence-electron chi connectivity index (χ3n) is 4.05. The zero-order valence-corrected chi connectivity index (χ0v) is 15.4. The lowest BCUT2D eigenvalue weighted by atomic mass is 9.96. The monoisotopic (exact) mass is 344 g/mol. The van der Waals surface area contributed by atoms with Gasteiger partial charge in [-0.15, -0.1) is 0 Å². The van der Waals surface area contributed by atoms with Crippen molar-refractivity contribution in [2.45, 2.75) is 33.7 Å². The van der Waals surface area contributed by atoms with Crippen LogP contribution in [0.15, 0.2) is 42.5 Å². The van der Waals surface area contributed by atoms with Crippen molar-refractivity contribution in [3.05, 3.63) is 64.2 Å². The number of hydrogen-bond acceptors (Lipinski definition) is 2. The number of nitrogens with one attached hydrogen (secondary N) is 2. The Bertz CT molecular complexity index is 695. The first-order chi connectivity index (χ1) is 11.4. The summed E-state index contributed by atoms with van der Waals surface area (Å²) in [4.78, 5) is 12.3. The highest BCUT2D eigenvalue weighted by molar-refractivity contribution is 6.30. The molecule has 3 nitrogen and oxygen atoms in total. The molecule has 2 aromatic rings. The van der Waals surface area contributed by atoms with E-state index in [4.69, 9.17) is 11.6 Å². The summed E-state index contributed by atoms with van der Waals surface area (Å²) in [6.07, 6.45) is 0. The molecule has 0 fully saturated rings. The van der Waals surface area contributed by atoms with Gasteiger partial charge in [-0.05, 0) is 54.7 Å². The fourth-order valence-corrected chi connectivity index (χ4v) is 2.80. The standard InChI is InChI=1S/C20H25ClN2O/c1-13(2)20(16-7-9-17(21)10-8-16)22-12-19(24)23-18-11-14(3)5-6-15(18)4/h5-11,13,20,22H,12H2,1-4H3,(H,23,24). The molecule has 128 valence electrons. The maximum atomic E-state index is 12.3. The molecule has 0 aromatic heterocycles. The van der Waals surface area contributed by atoms with E-state index in [2.05, 4.69) is 24.5 Å². The van der Waals surface area contributed by atoms with Crippen molar-refractivity contribution in [1.29, 1.82) is 0 Å². The molecule has 0 saturated carbocycles. The molecule has 2 rings (SSSR count). The molecule has 24 heavy (non-hydrogen) atoms. The molecule has 1 unspecified atom stereocenters. The molecule has 0 spiro atoms. The summed E-state index contributed by atoms with van der Waals surface area (Å²) in [6, 6.07) is 13.9. The van der Waals surface area contributed by atoms with E-state index in [1.165, 1.54) is 0 Å². The van der Waals surface area contributed by atoms with Gasteiger partial charge in [0, 0.05) is 16.8 Å². The molecule has 2 aromatic carbocycles. The van der Waals surface area contributed by atoms with Crippen molar-refractivity contribution in [1.82, 2.24) is 5.32 Å². The molecule has 4 heteroatoms. The van der Waals surface area contributed by atoms with E-state index < -0.39 is 0 Å². The second-order valence-corrected chi connectivity index (χ2v) is 6.96. The molecule has 0 bridgehead atoms. The van der Waals surface area contributed by atoms with Crippen molar-refractivity contribution >= 4 is 23.2 Å². The van der Waals surface area contributed by atoms with Crippen molar-refractivity contribution in [3.8, 4) is 0 Å². The summed E-state index contributed by atoms with van der Waals surface area (Å²) < 4.78 is 0. The van der Waals surface area contributed by atoms with Crippen molar-refractivity contribution < 1.29 is 4.79 Å². The minimum absolute atomic E-state index is 0.0386. The van der Waals surface area contributed by atoms with Gasteiger partial charge in [0.15, 0.2) is 0 Å². The molecule has 2 N–H and O–H groups in total. The van der Waals surface area contributed by atoms with Crippen LogP contribution < -0.4 is 10.6 Å². The van der Waals surface area contributed by atoms with Crippen LogP contribution in [0.2, 0.25) is 5.02 Å². The van der Waals surface area contributed by atoms with Crippen LogP contribution in [-0.4, -0.2) is 12.5 Å². The lowest BCUT2D eigenvalue weighted by Crippen LogP contribution is -2.33. The highest BCUT2D eigenvalue weighted by Gasteiger charge is 2.16. The van der Waals surface area contributed by atoms with Crippen LogP contribution in [0.5, 0.6) is 0 Å². The van der Waals surface area contributed by atoms with Gasteiger partial charge in [0.05, 0.1) is 6.54 Å². The number of anilines is 1. The molecule has 1 atom stereocenters. The zero-order chi connectivity index (χ0) is 17.7. The fraction of sp³-hybridized carbons (Fsp3) is 0.350. The predicted molar refractivity (Wildman–Crippen MR) is 102 cm³/mol. The summed E-state index contributed by atoms with van der Waals surface area (Å²) in [7, 11) is 0. The van der Waals surface area contributed by atoms with Crippen LogP contribution in [-0.2, 0) is 4.79 Å². The van der Waals surface area contributed by atoms with Crippen LogP contribution in [0.25, 0.3) is 0 Å². The van der Waals surface area contributed by atoms with Gasteiger partial charge in [0.2, 0.25) is 5.91 Å². The molecule has 0 heterocycles. The quantitative estimate of drug-likeness (QED) is 0.784. The predicted octanol–water partition coefficient (Wildman–Crippen LogP) is 4.88. The molecule has 1 amide bonds. The van der Waals surface area contributed by atoms with E-state index in [1.54, 1.807) is 0 Å². The fourth-order valence-electron chi connectivity index (χ4n) is 2.68. The van der Waals surface area contributed by atoms with Crippen LogP contribution >= 0.6 is 11.6 Å². The summed E-state index contributed by atoms with van der Waals surface area (Å²) in [6.45, 7) is 8.54. The Morgan fingerprint density at radius 3 is 2.38 bits per heavy atom. The van der Waals surface area contributed by atoms with Crippen LogP contribution in [0, 0.1) is 19.8 Å². The van der Waals surface area contributed by atoms with E-state index >= 15 is 0 Å². The summed E-state index contributed by atoms with van der Waals surface area (Å²) in [5, 5.41) is 7.05. The van der Waals surface area contributed by atoms with Gasteiger partial charge < -0.3 is 10.6 Å². The smallest absolute Gasteiger partial charge is 0.238 e. The number of benzene rings is 2. The molecular formula is C20H25ClN2O. The second kappa shape index (κ2) is 8.32. The summed E-state index contributed by atoms with van der Waals surface area (Å²) in [5.74, 6) is 0.322. The highest BCUT2D eigenvalue weighted by atomic mass is 35.5. The van der Waals surface area contributed by atoms with Crippen LogP contribution in [0.3, 0.4) is 0 Å². The maximum Gasteiger partial charge on any atom is 0.238 e. The Labute approximate surface area is 149 Å². The molecule has 0 aliphatic carbocycles. The number of carbonyl (C=O) groups excluding carboxylic acids is 1. The summed E-state index contributed by atoms with van der Waals surface area (Å²) in [5.41, 5.74) is 4.19. The number of carbonyl (C=O) groups is 1. The van der Waals surface area contributed by atoms with Gasteiger partial charge in [0.25, 0.3) is 0 Å². The Balaban J connectivity index is 2.00. The summed E-state index contributed by atoms with van der Waals surface area (Å²) >= 11 is 5.96. The molecule has 0 radical (unpaired) electrons. The van der Waals surface area contributed by atoms with E-state index in [1.807, 2.05) is 56.3 Å². The topological polar surface area (TPSA) is 41.1 Å². The minimum atomic E-state index is -0.0386. The molecule has 0 aliphatic heterocycles. The first-order valence-corrected chi connectivity index (χ1v) is 8.60. The maximum absolute atomic E-state index is 12.3. The van der Waals surface area contributed by atoms with E-state index in [-0.39, 0.29) is 18.5 Å². The Kier molecular flexibility index (Phi) is 6.41. The average molecular weight is 345 g/mol. The molecule has 0 saturated heterocycles. The van der Waals surface area contributed by atoms with Crippen molar-refractivity contribution in [2.24, 2.45) is 5.92 Å². The largest absolute Gasteiger partial charge is 0.325 e. The first kappa shape index (κ1) is 18.5. The third-order valence-corrected chi connectivity index (χ3v) is 4.30. The van der Waals surface area contributed by atoms with E-state index in [0.29, 0.717) is 10.9 Å². The van der Waals surface area contributed by atoms with Gasteiger partial charge in [-0.2, -0.15) is 0 Å². The van der Waals surface area contributed by atoms with Gasteiger partial charge in [0.1, 0.15) is 0 Å². The van der Waals surface area contributed by atoms with Crippen molar-refractivity contribution in [2.75, 3.05) is 11.9 Å². The lowest BCUT2D eigenvalue weighted by molar-refractivity contribution is -0.115. The van der Waals surface area contributed by atoms with Gasteiger partial charge in [-0.3, -0.25) is 4.79 Å². The van der Waals surface area contributed by atoms with Crippen molar-refractivity contribution in [3.63, 3.8) is 0 Å². The Hall–Kier alpha value is -1.84. The van der Waals surface area contributed by atoms with Gasteiger partial charge in [-0.25, -0.2) is 0 Å². The Morgan fingerprint density at radius 1 is 1.08 bits per heavy atom. The third kappa shape index (κ3) is 5.08. The molecular weight excluding hydrogens is 320 g/mol. The average Bonchev–Trinajstić information content (AvgIpc) is 2.52. The number of amides is 1. The lowest BCUT2D eigenvalue weighted by Gasteiger charge is -2.23. The number of rotatable bonds is 6. The number of aryl methyl sites for hydroxylation is 2. The minimum Gasteiger partial charge on any atom is -0.325 e. The van der Waals surface area contributed by atoms with Crippen LogP contribution in [0.4, 0.5) is 5.69 Å². The Morgan fingerprint density at radius 2 is 1.75 bits per heavy atom. The first-order valence-electron chi connectivity index (χ1n) is 8.22. The van der Waals surface area contributed by atoms with Crippen LogP contribution in [0.1, 0.15) is 36.6 Å². The zero-order valence-electron chi connectivity index (χ0n) is 14.7.